The van der Waals surface area contributed by atoms with Gasteiger partial charge in [-0.05, 0) is 48.0 Å². The van der Waals surface area contributed by atoms with Gasteiger partial charge in [0.05, 0.1) is 19.2 Å². The van der Waals surface area contributed by atoms with Crippen LogP contribution in [0.4, 0.5) is 13.2 Å². The maximum Gasteiger partial charge on any atom is 0.307 e. The van der Waals surface area contributed by atoms with Crippen LogP contribution in [0.2, 0.25) is 0 Å². The van der Waals surface area contributed by atoms with Crippen LogP contribution >= 0.6 is 0 Å². The smallest absolute Gasteiger partial charge is 0.307 e. The second kappa shape index (κ2) is 9.25. The number of rotatable bonds is 7. The molecule has 1 aromatic heterocycles. The summed E-state index contributed by atoms with van der Waals surface area (Å²) in [6, 6.07) is 10.3. The Labute approximate surface area is 170 Å². The molecule has 0 saturated heterocycles. The molecule has 0 radical (unpaired) electrons. The fraction of sp³-hybridized carbons (Fsp3) is 0.190. The lowest BCUT2D eigenvalue weighted by atomic mass is 10.2. The molecule has 30 heavy (non-hydrogen) atoms. The Balaban J connectivity index is 1.82. The first-order valence-corrected chi connectivity index (χ1v) is 8.99. The van der Waals surface area contributed by atoms with Gasteiger partial charge in [-0.1, -0.05) is 6.07 Å². The molecule has 0 unspecified atom stereocenters. The number of carbonyl (C=O) groups is 2. The molecule has 0 aliphatic carbocycles. The number of carbonyl (C=O) groups excluding carboxylic acids is 2. The molecule has 0 fully saturated rings. The molecular weight excluding hydrogens is 399 g/mol. The zero-order valence-corrected chi connectivity index (χ0v) is 16.0. The van der Waals surface area contributed by atoms with Crippen molar-refractivity contribution in [3.8, 4) is 5.69 Å². The van der Waals surface area contributed by atoms with Crippen molar-refractivity contribution in [2.45, 2.75) is 13.0 Å². The van der Waals surface area contributed by atoms with E-state index < -0.39 is 29.3 Å². The number of ether oxygens (including phenoxy) is 1. The number of aromatic nitrogens is 2. The van der Waals surface area contributed by atoms with E-state index in [1.165, 1.54) is 59.3 Å². The number of halogens is 3. The quantitative estimate of drug-likeness (QED) is 0.552. The highest BCUT2D eigenvalue weighted by atomic mass is 19.2. The molecular formula is C21H18F3N3O3. The Morgan fingerprint density at radius 2 is 1.77 bits per heavy atom. The van der Waals surface area contributed by atoms with E-state index in [2.05, 4.69) is 9.84 Å². The van der Waals surface area contributed by atoms with E-state index in [1.807, 2.05) is 0 Å². The largest absolute Gasteiger partial charge is 0.469 e. The maximum absolute atomic E-state index is 13.5. The van der Waals surface area contributed by atoms with Crippen molar-refractivity contribution in [2.75, 3.05) is 13.7 Å². The molecule has 0 aliphatic heterocycles. The van der Waals surface area contributed by atoms with Gasteiger partial charge < -0.3 is 9.64 Å². The molecule has 0 aliphatic rings. The molecule has 3 aromatic rings. The van der Waals surface area contributed by atoms with Gasteiger partial charge in [-0.15, -0.1) is 0 Å². The number of nitrogens with zero attached hydrogens (tertiary/aromatic N) is 3. The first kappa shape index (κ1) is 21.1. The predicted octanol–water partition coefficient (Wildman–Crippen LogP) is 3.50. The normalized spacial score (nSPS) is 10.7. The van der Waals surface area contributed by atoms with Crippen molar-refractivity contribution in [1.82, 2.24) is 14.7 Å². The predicted molar refractivity (Wildman–Crippen MR) is 101 cm³/mol. The fourth-order valence-corrected chi connectivity index (χ4v) is 2.78. The number of esters is 1. The minimum atomic E-state index is -1.03. The van der Waals surface area contributed by atoms with E-state index in [9.17, 15) is 22.8 Å². The molecule has 1 amide bonds. The van der Waals surface area contributed by atoms with Gasteiger partial charge in [0.25, 0.3) is 5.91 Å². The second-order valence-electron chi connectivity index (χ2n) is 6.42. The minimum absolute atomic E-state index is 0.00604. The van der Waals surface area contributed by atoms with E-state index in [0.717, 1.165) is 12.1 Å². The monoisotopic (exact) mass is 417 g/mol. The number of benzene rings is 2. The third-order valence-electron chi connectivity index (χ3n) is 4.36. The van der Waals surface area contributed by atoms with E-state index in [-0.39, 0.29) is 25.2 Å². The van der Waals surface area contributed by atoms with E-state index in [1.54, 1.807) is 0 Å². The Morgan fingerprint density at radius 1 is 1.03 bits per heavy atom. The van der Waals surface area contributed by atoms with Crippen molar-refractivity contribution < 1.29 is 27.5 Å². The summed E-state index contributed by atoms with van der Waals surface area (Å²) in [6.07, 6.45) is 1.46. The van der Waals surface area contributed by atoms with E-state index in [4.69, 9.17) is 0 Å². The maximum atomic E-state index is 13.5. The molecule has 6 nitrogen and oxygen atoms in total. The average Bonchev–Trinajstić information content (AvgIpc) is 3.23. The van der Waals surface area contributed by atoms with E-state index in [0.29, 0.717) is 11.3 Å². The van der Waals surface area contributed by atoms with Gasteiger partial charge in [-0.3, -0.25) is 9.59 Å². The molecule has 1 heterocycles. The van der Waals surface area contributed by atoms with Gasteiger partial charge in [0.15, 0.2) is 17.3 Å². The van der Waals surface area contributed by atoms with Crippen LogP contribution in [0.25, 0.3) is 5.69 Å². The fourth-order valence-electron chi connectivity index (χ4n) is 2.78. The van der Waals surface area contributed by atoms with Crippen molar-refractivity contribution in [1.29, 1.82) is 0 Å². The van der Waals surface area contributed by atoms with Crippen molar-refractivity contribution in [3.63, 3.8) is 0 Å². The standard InChI is InChI=1S/C21H18F3N3O3/c1-30-20(28)9-10-26(13-14-2-7-17(23)18(24)12-14)21(29)19-8-11-27(25-19)16-5-3-15(22)4-6-16/h2-8,11-12H,9-10,13H2,1H3. The number of amides is 1. The van der Waals surface area contributed by atoms with Gasteiger partial charge in [0.2, 0.25) is 0 Å². The molecule has 0 bridgehead atoms. The molecule has 156 valence electrons. The van der Waals surface area contributed by atoms with Crippen LogP contribution in [0.5, 0.6) is 0 Å². The highest BCUT2D eigenvalue weighted by Crippen LogP contribution is 2.15. The van der Waals surface area contributed by atoms with E-state index >= 15 is 0 Å². The van der Waals surface area contributed by atoms with Gasteiger partial charge >= 0.3 is 5.97 Å². The van der Waals surface area contributed by atoms with Gasteiger partial charge in [0, 0.05) is 19.3 Å². The lowest BCUT2D eigenvalue weighted by Gasteiger charge is -2.21. The van der Waals surface area contributed by atoms with Crippen LogP contribution in [0.15, 0.2) is 54.7 Å². The Morgan fingerprint density at radius 3 is 2.43 bits per heavy atom. The molecule has 0 N–H and O–H groups in total. The summed E-state index contributed by atoms with van der Waals surface area (Å²) in [5, 5.41) is 4.20. The third-order valence-corrected chi connectivity index (χ3v) is 4.36. The second-order valence-corrected chi connectivity index (χ2v) is 6.42. The number of hydrogen-bond acceptors (Lipinski definition) is 4. The SMILES string of the molecule is COC(=O)CCN(Cc1ccc(F)c(F)c1)C(=O)c1ccn(-c2ccc(F)cc2)n1. The Hall–Kier alpha value is -3.62. The van der Waals surface area contributed by atoms with Crippen LogP contribution in [0.3, 0.4) is 0 Å². The van der Waals surface area contributed by atoms with Crippen molar-refractivity contribution in [3.05, 3.63) is 83.4 Å². The van der Waals surface area contributed by atoms with Crippen LogP contribution in [-0.4, -0.2) is 40.2 Å². The van der Waals surface area contributed by atoms with Gasteiger partial charge in [-0.25, -0.2) is 17.9 Å². The number of hydrogen-bond donors (Lipinski definition) is 0. The van der Waals surface area contributed by atoms with Crippen LogP contribution in [0.1, 0.15) is 22.5 Å². The zero-order valence-electron chi connectivity index (χ0n) is 16.0. The summed E-state index contributed by atoms with van der Waals surface area (Å²) in [6.45, 7) is -0.0651. The molecule has 3 rings (SSSR count). The van der Waals surface area contributed by atoms with Crippen molar-refractivity contribution in [2.24, 2.45) is 0 Å². The van der Waals surface area contributed by atoms with Crippen LogP contribution < -0.4 is 0 Å². The highest BCUT2D eigenvalue weighted by molar-refractivity contribution is 5.92. The highest BCUT2D eigenvalue weighted by Gasteiger charge is 2.21. The lowest BCUT2D eigenvalue weighted by Crippen LogP contribution is -2.33. The molecule has 0 atom stereocenters. The summed E-state index contributed by atoms with van der Waals surface area (Å²) in [4.78, 5) is 25.8. The minimum Gasteiger partial charge on any atom is -0.469 e. The number of methoxy groups -OCH3 is 1. The summed E-state index contributed by atoms with van der Waals surface area (Å²) in [7, 11) is 1.23. The van der Waals surface area contributed by atoms with Crippen LogP contribution in [0, 0.1) is 17.5 Å². The molecule has 0 saturated carbocycles. The Kier molecular flexibility index (Phi) is 6.51. The summed E-state index contributed by atoms with van der Waals surface area (Å²) in [5.41, 5.74) is 0.981. The zero-order chi connectivity index (χ0) is 21.7. The van der Waals surface area contributed by atoms with Gasteiger partial charge in [0.1, 0.15) is 5.82 Å². The topological polar surface area (TPSA) is 64.4 Å². The molecule has 0 spiro atoms. The summed E-state index contributed by atoms with van der Waals surface area (Å²) in [5.74, 6) is -3.46. The average molecular weight is 417 g/mol. The first-order chi connectivity index (χ1) is 14.4. The first-order valence-electron chi connectivity index (χ1n) is 8.99. The Bertz CT molecular complexity index is 1050. The van der Waals surface area contributed by atoms with Crippen LogP contribution in [-0.2, 0) is 16.1 Å². The third kappa shape index (κ3) is 5.05. The lowest BCUT2D eigenvalue weighted by molar-refractivity contribution is -0.140. The molecule has 9 heteroatoms. The molecule has 2 aromatic carbocycles. The van der Waals surface area contributed by atoms with Gasteiger partial charge in [-0.2, -0.15) is 5.10 Å². The van der Waals surface area contributed by atoms with Crippen molar-refractivity contribution >= 4 is 11.9 Å². The summed E-state index contributed by atoms with van der Waals surface area (Å²) < 4.78 is 45.9. The summed E-state index contributed by atoms with van der Waals surface area (Å²) >= 11 is 0.